The number of likely N-dealkylation sites (N-methyl/N-ethyl adjacent to an activating group) is 1. The van der Waals surface area contributed by atoms with Gasteiger partial charge in [0, 0.05) is 28.4 Å². The maximum atomic E-state index is 5.88. The molecule has 2 aromatic rings. The highest BCUT2D eigenvalue weighted by Gasteiger charge is 2.08. The lowest BCUT2D eigenvalue weighted by Crippen LogP contribution is -2.10. The average molecular weight is 267 g/mol. The van der Waals surface area contributed by atoms with Gasteiger partial charge in [0.1, 0.15) is 5.01 Å². The van der Waals surface area contributed by atoms with E-state index in [1.54, 1.807) is 11.3 Å². The van der Waals surface area contributed by atoms with Crippen LogP contribution < -0.4 is 5.32 Å². The van der Waals surface area contributed by atoms with Gasteiger partial charge in [-0.2, -0.15) is 0 Å². The standard InChI is InChI=1S/C13H15ClN2S/c1-9-12(7-8-15-2)16-13(17-9)10-3-5-11(14)6-4-10/h3-6,15H,7-8H2,1-2H3. The molecule has 0 aliphatic rings. The van der Waals surface area contributed by atoms with Crippen LogP contribution in [0.5, 0.6) is 0 Å². The zero-order valence-electron chi connectivity index (χ0n) is 9.96. The highest BCUT2D eigenvalue weighted by atomic mass is 35.5. The van der Waals surface area contributed by atoms with Crippen molar-refractivity contribution in [1.82, 2.24) is 10.3 Å². The van der Waals surface area contributed by atoms with Crippen LogP contribution in [-0.4, -0.2) is 18.6 Å². The lowest BCUT2D eigenvalue weighted by molar-refractivity contribution is 0.777. The number of benzene rings is 1. The van der Waals surface area contributed by atoms with Gasteiger partial charge >= 0.3 is 0 Å². The van der Waals surface area contributed by atoms with Crippen molar-refractivity contribution in [2.75, 3.05) is 13.6 Å². The fraction of sp³-hybridized carbons (Fsp3) is 0.308. The van der Waals surface area contributed by atoms with E-state index in [2.05, 4.69) is 17.2 Å². The van der Waals surface area contributed by atoms with Crippen LogP contribution in [0.15, 0.2) is 24.3 Å². The van der Waals surface area contributed by atoms with Crippen molar-refractivity contribution in [2.24, 2.45) is 0 Å². The van der Waals surface area contributed by atoms with Gasteiger partial charge in [-0.3, -0.25) is 0 Å². The minimum Gasteiger partial charge on any atom is -0.319 e. The average Bonchev–Trinajstić information content (AvgIpc) is 2.69. The summed E-state index contributed by atoms with van der Waals surface area (Å²) in [5.41, 5.74) is 2.33. The van der Waals surface area contributed by atoms with E-state index < -0.39 is 0 Å². The number of aromatic nitrogens is 1. The van der Waals surface area contributed by atoms with Crippen molar-refractivity contribution in [1.29, 1.82) is 0 Å². The van der Waals surface area contributed by atoms with Gasteiger partial charge in [-0.1, -0.05) is 23.7 Å². The van der Waals surface area contributed by atoms with Gasteiger partial charge in [-0.25, -0.2) is 4.98 Å². The van der Waals surface area contributed by atoms with Gasteiger partial charge in [0.05, 0.1) is 5.69 Å². The second-order valence-corrected chi connectivity index (χ2v) is 5.52. The maximum absolute atomic E-state index is 5.88. The molecule has 1 aromatic carbocycles. The molecule has 0 aliphatic heterocycles. The molecule has 0 amide bonds. The van der Waals surface area contributed by atoms with E-state index >= 15 is 0 Å². The molecule has 0 saturated heterocycles. The lowest BCUT2D eigenvalue weighted by Gasteiger charge is -1.97. The molecule has 2 rings (SSSR count). The fourth-order valence-electron chi connectivity index (χ4n) is 1.62. The molecule has 0 atom stereocenters. The Morgan fingerprint density at radius 3 is 2.65 bits per heavy atom. The smallest absolute Gasteiger partial charge is 0.123 e. The molecular formula is C13H15ClN2S. The number of rotatable bonds is 4. The Balaban J connectivity index is 2.24. The summed E-state index contributed by atoms with van der Waals surface area (Å²) < 4.78 is 0. The minimum absolute atomic E-state index is 0.762. The van der Waals surface area contributed by atoms with Gasteiger partial charge in [-0.15, -0.1) is 11.3 Å². The third-order valence-electron chi connectivity index (χ3n) is 2.60. The number of halogens is 1. The van der Waals surface area contributed by atoms with E-state index in [1.807, 2.05) is 31.3 Å². The van der Waals surface area contributed by atoms with Crippen LogP contribution in [0.4, 0.5) is 0 Å². The summed E-state index contributed by atoms with van der Waals surface area (Å²) in [4.78, 5) is 5.98. The SMILES string of the molecule is CNCCc1nc(-c2ccc(Cl)cc2)sc1C. The first-order valence-corrected chi connectivity index (χ1v) is 6.77. The third kappa shape index (κ3) is 3.06. The molecule has 0 fully saturated rings. The van der Waals surface area contributed by atoms with E-state index in [1.165, 1.54) is 10.6 Å². The highest BCUT2D eigenvalue weighted by Crippen LogP contribution is 2.28. The number of aryl methyl sites for hydroxylation is 1. The molecule has 1 aromatic heterocycles. The van der Waals surface area contributed by atoms with E-state index in [0.29, 0.717) is 0 Å². The van der Waals surface area contributed by atoms with E-state index in [4.69, 9.17) is 11.6 Å². The van der Waals surface area contributed by atoms with Crippen molar-refractivity contribution in [3.05, 3.63) is 39.9 Å². The molecule has 0 bridgehead atoms. The van der Waals surface area contributed by atoms with Crippen LogP contribution >= 0.6 is 22.9 Å². The summed E-state index contributed by atoms with van der Waals surface area (Å²) in [5.74, 6) is 0. The van der Waals surface area contributed by atoms with Gasteiger partial charge in [0.15, 0.2) is 0 Å². The predicted molar refractivity (Wildman–Crippen MR) is 74.9 cm³/mol. The van der Waals surface area contributed by atoms with Crippen LogP contribution in [0.3, 0.4) is 0 Å². The van der Waals surface area contributed by atoms with Crippen LogP contribution in [0.1, 0.15) is 10.6 Å². The lowest BCUT2D eigenvalue weighted by atomic mass is 10.2. The summed E-state index contributed by atoms with van der Waals surface area (Å²) in [6.07, 6.45) is 0.979. The molecule has 2 nitrogen and oxygen atoms in total. The van der Waals surface area contributed by atoms with Crippen LogP contribution in [0.2, 0.25) is 5.02 Å². The zero-order chi connectivity index (χ0) is 12.3. The largest absolute Gasteiger partial charge is 0.319 e. The molecular weight excluding hydrogens is 252 g/mol. The van der Waals surface area contributed by atoms with E-state index in [9.17, 15) is 0 Å². The second-order valence-electron chi connectivity index (χ2n) is 3.88. The Bertz CT molecular complexity index is 491. The monoisotopic (exact) mass is 266 g/mol. The molecule has 90 valence electrons. The first-order chi connectivity index (χ1) is 8.20. The predicted octanol–water partition coefficient (Wildman–Crippen LogP) is 3.53. The Kier molecular flexibility index (Phi) is 4.15. The van der Waals surface area contributed by atoms with Crippen LogP contribution in [0.25, 0.3) is 10.6 Å². The summed E-state index contributed by atoms with van der Waals surface area (Å²) in [6.45, 7) is 3.09. The van der Waals surface area contributed by atoms with Gasteiger partial charge < -0.3 is 5.32 Å². The molecule has 17 heavy (non-hydrogen) atoms. The zero-order valence-corrected chi connectivity index (χ0v) is 11.5. The summed E-state index contributed by atoms with van der Waals surface area (Å²) in [7, 11) is 1.96. The van der Waals surface area contributed by atoms with Gasteiger partial charge in [-0.05, 0) is 26.1 Å². The number of thiazole rings is 1. The van der Waals surface area contributed by atoms with Gasteiger partial charge in [0.2, 0.25) is 0 Å². The Hall–Kier alpha value is -0.900. The van der Waals surface area contributed by atoms with Gasteiger partial charge in [0.25, 0.3) is 0 Å². The minimum atomic E-state index is 0.762. The number of hydrogen-bond acceptors (Lipinski definition) is 3. The topological polar surface area (TPSA) is 24.9 Å². The van der Waals surface area contributed by atoms with E-state index in [-0.39, 0.29) is 0 Å². The molecule has 0 spiro atoms. The number of hydrogen-bond donors (Lipinski definition) is 1. The van der Waals surface area contributed by atoms with Crippen molar-refractivity contribution < 1.29 is 0 Å². The molecule has 0 aliphatic carbocycles. The Morgan fingerprint density at radius 1 is 1.29 bits per heavy atom. The Morgan fingerprint density at radius 2 is 2.00 bits per heavy atom. The van der Waals surface area contributed by atoms with E-state index in [0.717, 1.165) is 28.6 Å². The molecule has 0 unspecified atom stereocenters. The molecule has 1 heterocycles. The summed E-state index contributed by atoms with van der Waals surface area (Å²) in [6, 6.07) is 7.84. The maximum Gasteiger partial charge on any atom is 0.123 e. The third-order valence-corrected chi connectivity index (χ3v) is 3.91. The first-order valence-electron chi connectivity index (χ1n) is 5.57. The van der Waals surface area contributed by atoms with Crippen LogP contribution in [-0.2, 0) is 6.42 Å². The van der Waals surface area contributed by atoms with Crippen molar-refractivity contribution in [3.8, 4) is 10.6 Å². The fourth-order valence-corrected chi connectivity index (χ4v) is 2.71. The molecule has 1 N–H and O–H groups in total. The second kappa shape index (κ2) is 5.63. The first kappa shape index (κ1) is 12.6. The number of nitrogens with zero attached hydrogens (tertiary/aromatic N) is 1. The quantitative estimate of drug-likeness (QED) is 0.916. The summed E-state index contributed by atoms with van der Waals surface area (Å²) >= 11 is 7.62. The van der Waals surface area contributed by atoms with Crippen molar-refractivity contribution >= 4 is 22.9 Å². The Labute approximate surface area is 111 Å². The molecule has 4 heteroatoms. The highest BCUT2D eigenvalue weighted by molar-refractivity contribution is 7.15. The van der Waals surface area contributed by atoms with Crippen LogP contribution in [0, 0.1) is 6.92 Å². The molecule has 0 radical (unpaired) electrons. The van der Waals surface area contributed by atoms with Crippen molar-refractivity contribution in [3.63, 3.8) is 0 Å². The van der Waals surface area contributed by atoms with Crippen molar-refractivity contribution in [2.45, 2.75) is 13.3 Å². The normalized spacial score (nSPS) is 10.8. The number of nitrogens with one attached hydrogen (secondary N) is 1. The summed E-state index contributed by atoms with van der Waals surface area (Å²) in [5, 5.41) is 4.98. The molecule has 0 saturated carbocycles.